The lowest BCUT2D eigenvalue weighted by atomic mass is 10.1. The zero-order chi connectivity index (χ0) is 22.5. The van der Waals surface area contributed by atoms with E-state index in [1.807, 2.05) is 6.07 Å². The first kappa shape index (κ1) is 20.5. The summed E-state index contributed by atoms with van der Waals surface area (Å²) in [7, 11) is -3.43. The number of carbonyl (C=O) groups is 2. The number of hydrogen-bond donors (Lipinski definition) is 0. The zero-order valence-electron chi connectivity index (χ0n) is 17.3. The molecule has 3 aromatic rings. The molecule has 0 saturated carbocycles. The van der Waals surface area contributed by atoms with E-state index in [4.69, 9.17) is 4.42 Å². The number of sulfone groups is 1. The van der Waals surface area contributed by atoms with E-state index in [0.29, 0.717) is 48.7 Å². The Morgan fingerprint density at radius 1 is 1.00 bits per heavy atom. The third kappa shape index (κ3) is 3.71. The first-order valence-electron chi connectivity index (χ1n) is 10.1. The van der Waals surface area contributed by atoms with Gasteiger partial charge in [0.25, 0.3) is 11.8 Å². The first-order chi connectivity index (χ1) is 15.3. The maximum Gasteiger partial charge on any atom is 0.261 e. The number of amides is 2. The molecule has 4 heterocycles. The highest BCUT2D eigenvalue weighted by Crippen LogP contribution is 2.25. The number of nitrogens with zero attached hydrogens (tertiary/aromatic N) is 4. The average Bonchev–Trinajstić information content (AvgIpc) is 3.31. The minimum atomic E-state index is -3.43. The summed E-state index contributed by atoms with van der Waals surface area (Å²) >= 11 is 0. The van der Waals surface area contributed by atoms with E-state index in [0.717, 1.165) is 17.5 Å². The smallest absolute Gasteiger partial charge is 0.261 e. The lowest BCUT2D eigenvalue weighted by molar-refractivity contribution is 0.0630. The molecule has 5 rings (SSSR count). The fourth-order valence-electron chi connectivity index (χ4n) is 4.02. The molecule has 1 aromatic carbocycles. The summed E-state index contributed by atoms with van der Waals surface area (Å²) in [5, 5.41) is -0.145. The van der Waals surface area contributed by atoms with Gasteiger partial charge in [-0.05, 0) is 24.3 Å². The van der Waals surface area contributed by atoms with Crippen molar-refractivity contribution >= 4 is 21.7 Å². The van der Waals surface area contributed by atoms with Gasteiger partial charge < -0.3 is 4.42 Å². The highest BCUT2D eigenvalue weighted by atomic mass is 32.2. The second-order valence-corrected chi connectivity index (χ2v) is 9.88. The van der Waals surface area contributed by atoms with E-state index in [1.165, 1.54) is 4.90 Å². The topological polar surface area (TPSA) is 114 Å². The predicted octanol–water partition coefficient (Wildman–Crippen LogP) is 1.83. The number of hydrogen-bond acceptors (Lipinski definition) is 8. The molecule has 0 spiro atoms. The monoisotopic (exact) mass is 452 g/mol. The molecule has 0 N–H and O–H groups in total. The Morgan fingerprint density at radius 2 is 1.66 bits per heavy atom. The van der Waals surface area contributed by atoms with E-state index in [2.05, 4.69) is 14.9 Å². The summed E-state index contributed by atoms with van der Waals surface area (Å²) in [4.78, 5) is 36.6. The third-order valence-electron chi connectivity index (χ3n) is 5.61. The molecule has 0 fully saturated rings. The maximum atomic E-state index is 12.5. The van der Waals surface area contributed by atoms with E-state index in [-0.39, 0.29) is 23.5 Å². The molecule has 0 bridgehead atoms. The highest BCUT2D eigenvalue weighted by Gasteiger charge is 2.35. The standard InChI is InChI=1S/C22H20N4O5S/c1-32(29,30)22-23-10-14-11-25(9-8-19(14)24-22)12-15-6-7-16(31-15)13-26-20(27)17-4-2-3-5-18(17)21(26)28/h2-7,10H,8-9,11-13H2,1H3. The van der Waals surface area contributed by atoms with Crippen LogP contribution < -0.4 is 0 Å². The molecular formula is C22H20N4O5S. The van der Waals surface area contributed by atoms with Crippen LogP contribution in [0.1, 0.15) is 43.5 Å². The van der Waals surface area contributed by atoms with E-state index in [1.54, 1.807) is 36.5 Å². The molecule has 32 heavy (non-hydrogen) atoms. The van der Waals surface area contributed by atoms with Gasteiger partial charge in [0.2, 0.25) is 15.0 Å². The van der Waals surface area contributed by atoms with Crippen LogP contribution in [-0.4, -0.2) is 52.8 Å². The van der Waals surface area contributed by atoms with Crippen molar-refractivity contribution in [3.05, 3.63) is 76.5 Å². The zero-order valence-corrected chi connectivity index (χ0v) is 18.1. The van der Waals surface area contributed by atoms with Crippen molar-refractivity contribution in [3.8, 4) is 0 Å². The van der Waals surface area contributed by atoms with Crippen molar-refractivity contribution in [1.82, 2.24) is 19.8 Å². The van der Waals surface area contributed by atoms with Crippen LogP contribution in [0, 0.1) is 0 Å². The van der Waals surface area contributed by atoms with Gasteiger partial charge in [0.05, 0.1) is 29.9 Å². The number of fused-ring (bicyclic) bond motifs is 2. The van der Waals surface area contributed by atoms with Crippen LogP contribution in [0.2, 0.25) is 0 Å². The molecule has 10 heteroatoms. The van der Waals surface area contributed by atoms with Crippen LogP contribution in [0.25, 0.3) is 0 Å². The number of carbonyl (C=O) groups excluding carboxylic acids is 2. The number of imide groups is 1. The Labute approximate surface area is 184 Å². The van der Waals surface area contributed by atoms with Crippen molar-refractivity contribution in [2.75, 3.05) is 12.8 Å². The molecule has 0 radical (unpaired) electrons. The predicted molar refractivity (Wildman–Crippen MR) is 112 cm³/mol. The molecular weight excluding hydrogens is 432 g/mol. The Balaban J connectivity index is 1.25. The van der Waals surface area contributed by atoms with Gasteiger partial charge in [-0.3, -0.25) is 19.4 Å². The summed E-state index contributed by atoms with van der Waals surface area (Å²) in [6, 6.07) is 10.4. The van der Waals surface area contributed by atoms with Gasteiger partial charge in [0, 0.05) is 37.5 Å². The van der Waals surface area contributed by atoms with E-state index >= 15 is 0 Å². The van der Waals surface area contributed by atoms with Crippen LogP contribution in [-0.2, 0) is 35.9 Å². The first-order valence-corrected chi connectivity index (χ1v) is 12.0. The van der Waals surface area contributed by atoms with Gasteiger partial charge in [-0.1, -0.05) is 12.1 Å². The van der Waals surface area contributed by atoms with Crippen LogP contribution in [0.3, 0.4) is 0 Å². The Hall–Kier alpha value is -3.37. The average molecular weight is 452 g/mol. The second kappa shape index (κ2) is 7.64. The summed E-state index contributed by atoms with van der Waals surface area (Å²) in [5.41, 5.74) is 2.47. The number of furan rings is 1. The summed E-state index contributed by atoms with van der Waals surface area (Å²) in [5.74, 6) is 0.621. The van der Waals surface area contributed by atoms with Gasteiger partial charge >= 0.3 is 0 Å². The molecule has 0 unspecified atom stereocenters. The molecule has 2 aliphatic rings. The Morgan fingerprint density at radius 3 is 2.31 bits per heavy atom. The number of rotatable bonds is 5. The lowest BCUT2D eigenvalue weighted by Gasteiger charge is -2.27. The van der Waals surface area contributed by atoms with Crippen molar-refractivity contribution in [1.29, 1.82) is 0 Å². The minimum absolute atomic E-state index is 0.0806. The fraction of sp³-hybridized carbons (Fsp3) is 0.273. The van der Waals surface area contributed by atoms with Crippen molar-refractivity contribution in [2.45, 2.75) is 31.2 Å². The molecule has 0 atom stereocenters. The Kier molecular flexibility index (Phi) is 4.90. The molecule has 0 saturated heterocycles. The second-order valence-electron chi connectivity index (χ2n) is 7.97. The van der Waals surface area contributed by atoms with Gasteiger partial charge in [0.1, 0.15) is 11.5 Å². The quantitative estimate of drug-likeness (QED) is 0.426. The van der Waals surface area contributed by atoms with Gasteiger partial charge in [0.15, 0.2) is 0 Å². The normalized spacial score (nSPS) is 16.3. The SMILES string of the molecule is CS(=O)(=O)c1ncc2c(n1)CCN(Cc1ccc(CN3C(=O)c4ccccc4C3=O)o1)C2. The number of aromatic nitrogens is 2. The van der Waals surface area contributed by atoms with E-state index in [9.17, 15) is 18.0 Å². The summed E-state index contributed by atoms with van der Waals surface area (Å²) in [6.07, 6.45) is 3.28. The Bertz CT molecular complexity index is 1310. The van der Waals surface area contributed by atoms with Crippen LogP contribution in [0.4, 0.5) is 0 Å². The minimum Gasteiger partial charge on any atom is -0.463 e. The number of benzene rings is 1. The maximum absolute atomic E-state index is 12.5. The molecule has 9 nitrogen and oxygen atoms in total. The molecule has 2 aliphatic heterocycles. The van der Waals surface area contributed by atoms with Crippen LogP contribution >= 0.6 is 0 Å². The largest absolute Gasteiger partial charge is 0.463 e. The highest BCUT2D eigenvalue weighted by molar-refractivity contribution is 7.90. The molecule has 0 aliphatic carbocycles. The van der Waals surface area contributed by atoms with Gasteiger partial charge in [-0.25, -0.2) is 18.4 Å². The van der Waals surface area contributed by atoms with Crippen molar-refractivity contribution in [2.24, 2.45) is 0 Å². The third-order valence-corrected chi connectivity index (χ3v) is 6.47. The van der Waals surface area contributed by atoms with Gasteiger partial charge in [-0.2, -0.15) is 0 Å². The molecule has 164 valence electrons. The summed E-state index contributed by atoms with van der Waals surface area (Å²) in [6.45, 7) is 1.89. The van der Waals surface area contributed by atoms with Gasteiger partial charge in [-0.15, -0.1) is 0 Å². The molecule has 2 amide bonds. The lowest BCUT2D eigenvalue weighted by Crippen LogP contribution is -2.31. The summed E-state index contributed by atoms with van der Waals surface area (Å²) < 4.78 is 29.2. The fourth-order valence-corrected chi connectivity index (χ4v) is 4.54. The van der Waals surface area contributed by atoms with E-state index < -0.39 is 9.84 Å². The van der Waals surface area contributed by atoms with Crippen molar-refractivity contribution < 1.29 is 22.4 Å². The van der Waals surface area contributed by atoms with Crippen LogP contribution in [0.15, 0.2) is 52.2 Å². The molecule has 2 aromatic heterocycles. The van der Waals surface area contributed by atoms with Crippen LogP contribution in [0.5, 0.6) is 0 Å². The van der Waals surface area contributed by atoms with Crippen molar-refractivity contribution in [3.63, 3.8) is 0 Å².